The molecule has 0 radical (unpaired) electrons. The molecule has 1 aliphatic heterocycles. The Morgan fingerprint density at radius 2 is 1.08 bits per heavy atom. The minimum Gasteiger partial charge on any atom is -0.497 e. The molecule has 4 unspecified atom stereocenters. The molecular formula is C21H24O4. The SMILES string of the molecule is COc1ccc(C2OC(c3ccc(OC)cc3)C(C)C(=O)C2C)cc1. The first-order valence-corrected chi connectivity index (χ1v) is 8.52. The third-order valence-corrected chi connectivity index (χ3v) is 4.99. The van der Waals surface area contributed by atoms with Crippen LogP contribution in [0.5, 0.6) is 11.5 Å². The number of Topliss-reactive ketones (excluding diaryl/α,β-unsaturated/α-hetero) is 1. The molecule has 2 aromatic carbocycles. The molecule has 4 nitrogen and oxygen atoms in total. The maximum Gasteiger partial charge on any atom is 0.144 e. The molecule has 0 aliphatic carbocycles. The quantitative estimate of drug-likeness (QED) is 0.830. The average molecular weight is 340 g/mol. The molecule has 0 aromatic heterocycles. The van der Waals surface area contributed by atoms with Crippen LogP contribution in [-0.2, 0) is 9.53 Å². The lowest BCUT2D eigenvalue weighted by Gasteiger charge is -2.38. The molecule has 0 bridgehead atoms. The fourth-order valence-corrected chi connectivity index (χ4v) is 3.43. The average Bonchev–Trinajstić information content (AvgIpc) is 2.67. The maximum absolute atomic E-state index is 12.8. The molecule has 1 heterocycles. The summed E-state index contributed by atoms with van der Waals surface area (Å²) in [5.74, 6) is 1.45. The summed E-state index contributed by atoms with van der Waals surface area (Å²) in [5.41, 5.74) is 1.99. The number of carbonyl (C=O) groups is 1. The van der Waals surface area contributed by atoms with Gasteiger partial charge in [0.25, 0.3) is 0 Å². The molecule has 1 fully saturated rings. The van der Waals surface area contributed by atoms with E-state index in [2.05, 4.69) is 0 Å². The Kier molecular flexibility index (Phi) is 5.09. The Balaban J connectivity index is 1.89. The Hall–Kier alpha value is -2.33. The lowest BCUT2D eigenvalue weighted by atomic mass is 9.80. The van der Waals surface area contributed by atoms with Crippen LogP contribution in [0, 0.1) is 11.8 Å². The predicted octanol–water partition coefficient (Wildman–Crippen LogP) is 4.36. The van der Waals surface area contributed by atoms with Crippen molar-refractivity contribution in [3.8, 4) is 11.5 Å². The normalized spacial score (nSPS) is 26.3. The van der Waals surface area contributed by atoms with Gasteiger partial charge in [0.15, 0.2) is 0 Å². The van der Waals surface area contributed by atoms with Crippen molar-refractivity contribution >= 4 is 5.78 Å². The summed E-state index contributed by atoms with van der Waals surface area (Å²) in [6, 6.07) is 15.5. The van der Waals surface area contributed by atoms with Crippen molar-refractivity contribution in [1.82, 2.24) is 0 Å². The van der Waals surface area contributed by atoms with E-state index in [1.54, 1.807) is 14.2 Å². The van der Waals surface area contributed by atoms with Gasteiger partial charge in [-0.3, -0.25) is 4.79 Å². The first-order valence-electron chi connectivity index (χ1n) is 8.52. The smallest absolute Gasteiger partial charge is 0.144 e. The van der Waals surface area contributed by atoms with E-state index in [1.807, 2.05) is 62.4 Å². The van der Waals surface area contributed by atoms with E-state index >= 15 is 0 Å². The molecular weight excluding hydrogens is 316 g/mol. The second kappa shape index (κ2) is 7.28. The Morgan fingerprint density at radius 3 is 1.40 bits per heavy atom. The lowest BCUT2D eigenvalue weighted by Crippen LogP contribution is -2.37. The summed E-state index contributed by atoms with van der Waals surface area (Å²) in [5, 5.41) is 0. The van der Waals surface area contributed by atoms with Gasteiger partial charge in [0.05, 0.1) is 26.4 Å². The zero-order chi connectivity index (χ0) is 18.0. The van der Waals surface area contributed by atoms with E-state index in [1.165, 1.54) is 0 Å². The summed E-state index contributed by atoms with van der Waals surface area (Å²) in [6.07, 6.45) is -0.525. The van der Waals surface area contributed by atoms with E-state index in [0.717, 1.165) is 22.6 Å². The van der Waals surface area contributed by atoms with Crippen LogP contribution < -0.4 is 9.47 Å². The third-order valence-electron chi connectivity index (χ3n) is 4.99. The molecule has 132 valence electrons. The van der Waals surface area contributed by atoms with Gasteiger partial charge in [-0.1, -0.05) is 38.1 Å². The maximum atomic E-state index is 12.8. The van der Waals surface area contributed by atoms with E-state index < -0.39 is 0 Å². The number of ketones is 1. The van der Waals surface area contributed by atoms with Crippen molar-refractivity contribution in [2.45, 2.75) is 26.1 Å². The van der Waals surface area contributed by atoms with Crippen molar-refractivity contribution in [2.24, 2.45) is 11.8 Å². The summed E-state index contributed by atoms with van der Waals surface area (Å²) in [4.78, 5) is 12.8. The molecule has 1 aliphatic rings. The Labute approximate surface area is 148 Å². The highest BCUT2D eigenvalue weighted by atomic mass is 16.5. The van der Waals surface area contributed by atoms with Crippen molar-refractivity contribution in [3.63, 3.8) is 0 Å². The van der Waals surface area contributed by atoms with Gasteiger partial charge in [0.2, 0.25) is 0 Å². The highest BCUT2D eigenvalue weighted by Crippen LogP contribution is 2.43. The van der Waals surface area contributed by atoms with Crippen LogP contribution >= 0.6 is 0 Å². The van der Waals surface area contributed by atoms with Crippen molar-refractivity contribution in [2.75, 3.05) is 14.2 Å². The van der Waals surface area contributed by atoms with Crippen molar-refractivity contribution < 1.29 is 19.0 Å². The lowest BCUT2D eigenvalue weighted by molar-refractivity contribution is -0.157. The monoisotopic (exact) mass is 340 g/mol. The molecule has 0 spiro atoms. The first-order chi connectivity index (χ1) is 12.0. The number of benzene rings is 2. The fraction of sp³-hybridized carbons (Fsp3) is 0.381. The van der Waals surface area contributed by atoms with Crippen LogP contribution in [0.2, 0.25) is 0 Å². The van der Waals surface area contributed by atoms with Crippen LogP contribution in [0.25, 0.3) is 0 Å². The number of hydrogen-bond donors (Lipinski definition) is 0. The van der Waals surface area contributed by atoms with E-state index in [-0.39, 0.29) is 29.8 Å². The van der Waals surface area contributed by atoms with Crippen molar-refractivity contribution in [3.05, 3.63) is 59.7 Å². The van der Waals surface area contributed by atoms with Gasteiger partial charge in [-0.25, -0.2) is 0 Å². The van der Waals surface area contributed by atoms with Crippen LogP contribution in [-0.4, -0.2) is 20.0 Å². The van der Waals surface area contributed by atoms with Gasteiger partial charge in [-0.15, -0.1) is 0 Å². The fourth-order valence-electron chi connectivity index (χ4n) is 3.43. The highest BCUT2D eigenvalue weighted by Gasteiger charge is 2.41. The highest BCUT2D eigenvalue weighted by molar-refractivity contribution is 5.85. The van der Waals surface area contributed by atoms with Crippen molar-refractivity contribution in [1.29, 1.82) is 0 Å². The first kappa shape index (κ1) is 17.5. The minimum absolute atomic E-state index is 0.183. The van der Waals surface area contributed by atoms with Gasteiger partial charge < -0.3 is 14.2 Å². The molecule has 0 amide bonds. The molecule has 25 heavy (non-hydrogen) atoms. The zero-order valence-electron chi connectivity index (χ0n) is 15.1. The predicted molar refractivity (Wildman–Crippen MR) is 95.9 cm³/mol. The summed E-state index contributed by atoms with van der Waals surface area (Å²) in [7, 11) is 3.28. The van der Waals surface area contributed by atoms with Crippen LogP contribution in [0.4, 0.5) is 0 Å². The second-order valence-corrected chi connectivity index (χ2v) is 6.50. The molecule has 4 heteroatoms. The van der Waals surface area contributed by atoms with Gasteiger partial charge in [-0.05, 0) is 35.4 Å². The van der Waals surface area contributed by atoms with Gasteiger partial charge in [-0.2, -0.15) is 0 Å². The van der Waals surface area contributed by atoms with E-state index in [4.69, 9.17) is 14.2 Å². The summed E-state index contributed by atoms with van der Waals surface area (Å²) < 4.78 is 16.8. The van der Waals surface area contributed by atoms with E-state index in [9.17, 15) is 4.79 Å². The van der Waals surface area contributed by atoms with Crippen LogP contribution in [0.3, 0.4) is 0 Å². The number of methoxy groups -OCH3 is 2. The largest absolute Gasteiger partial charge is 0.497 e. The second-order valence-electron chi connectivity index (χ2n) is 6.50. The molecule has 2 aromatic rings. The molecule has 3 rings (SSSR count). The number of hydrogen-bond acceptors (Lipinski definition) is 4. The molecule has 0 N–H and O–H groups in total. The number of carbonyl (C=O) groups excluding carboxylic acids is 1. The summed E-state index contributed by atoms with van der Waals surface area (Å²) >= 11 is 0. The molecule has 0 saturated carbocycles. The number of rotatable bonds is 4. The molecule has 1 saturated heterocycles. The van der Waals surface area contributed by atoms with Gasteiger partial charge in [0.1, 0.15) is 17.3 Å². The topological polar surface area (TPSA) is 44.8 Å². The Morgan fingerprint density at radius 1 is 0.720 bits per heavy atom. The molecule has 4 atom stereocenters. The van der Waals surface area contributed by atoms with Gasteiger partial charge >= 0.3 is 0 Å². The zero-order valence-corrected chi connectivity index (χ0v) is 15.1. The third kappa shape index (κ3) is 3.40. The minimum atomic E-state index is -0.262. The Bertz CT molecular complexity index is 659. The van der Waals surface area contributed by atoms with Crippen LogP contribution in [0.15, 0.2) is 48.5 Å². The summed E-state index contributed by atoms with van der Waals surface area (Å²) in [6.45, 7) is 3.88. The standard InChI is InChI=1S/C21H24O4/c1-13-19(22)14(2)21(16-7-11-18(24-4)12-8-16)25-20(13)15-5-9-17(23-3)10-6-15/h5-14,20-21H,1-4H3. The number of ether oxygens (including phenoxy) is 3. The van der Waals surface area contributed by atoms with E-state index in [0.29, 0.717) is 0 Å². The van der Waals surface area contributed by atoms with Gasteiger partial charge in [0, 0.05) is 11.8 Å². The van der Waals surface area contributed by atoms with Crippen LogP contribution in [0.1, 0.15) is 37.2 Å².